The predicted molar refractivity (Wildman–Crippen MR) is 73.3 cm³/mol. The topological polar surface area (TPSA) is 54.3 Å². The van der Waals surface area contributed by atoms with Gasteiger partial charge in [-0.25, -0.2) is 0 Å². The van der Waals surface area contributed by atoms with Crippen LogP contribution in [0.5, 0.6) is 0 Å². The van der Waals surface area contributed by atoms with E-state index in [4.69, 9.17) is 23.2 Å². The van der Waals surface area contributed by atoms with E-state index in [-0.39, 0.29) is 12.5 Å². The number of aromatic nitrogens is 1. The van der Waals surface area contributed by atoms with Crippen molar-refractivity contribution in [3.8, 4) is 0 Å². The summed E-state index contributed by atoms with van der Waals surface area (Å²) in [5.74, 6) is -0.288. The van der Waals surface area contributed by atoms with Crippen molar-refractivity contribution in [2.45, 2.75) is 32.2 Å². The average molecular weight is 293 g/mol. The second-order valence-corrected chi connectivity index (χ2v) is 5.09. The summed E-state index contributed by atoms with van der Waals surface area (Å²) in [7, 11) is 1.67. The Morgan fingerprint density at radius 3 is 2.33 bits per heavy atom. The van der Waals surface area contributed by atoms with Crippen LogP contribution in [0.3, 0.4) is 0 Å². The number of amides is 1. The summed E-state index contributed by atoms with van der Waals surface area (Å²) in [6.45, 7) is 3.74. The Balaban J connectivity index is 2.98. The van der Waals surface area contributed by atoms with Gasteiger partial charge in [0.25, 0.3) is 5.91 Å². The zero-order valence-corrected chi connectivity index (χ0v) is 12.3. The molecule has 0 bridgehead atoms. The zero-order valence-electron chi connectivity index (χ0n) is 10.8. The summed E-state index contributed by atoms with van der Waals surface area (Å²) in [5, 5.41) is 12.9. The number of carbonyl (C=O) groups is 1. The molecule has 0 aromatic carbocycles. The molecule has 0 aliphatic carbocycles. The molecular weight excluding hydrogens is 275 g/mol. The first kappa shape index (κ1) is 15.3. The molecule has 1 amide bonds. The number of nitrogens with one attached hydrogen (secondary N) is 1. The van der Waals surface area contributed by atoms with Gasteiger partial charge < -0.3 is 15.0 Å². The molecule has 1 aromatic heterocycles. The highest BCUT2D eigenvalue weighted by Crippen LogP contribution is 2.25. The SMILES string of the molecule is CCC(CC)(CO)NC(=O)c1cc(Cl)c(Cl)n1C. The molecule has 1 rings (SSSR count). The minimum absolute atomic E-state index is 0.0996. The standard InChI is InChI=1S/C12H18Cl2N2O2/c1-4-12(5-2,7-17)15-11(18)9-6-8(13)10(14)16(9)3/h6,17H,4-5,7H2,1-3H3,(H,15,18). The summed E-state index contributed by atoms with van der Waals surface area (Å²) < 4.78 is 1.52. The first-order chi connectivity index (χ1) is 8.40. The van der Waals surface area contributed by atoms with E-state index >= 15 is 0 Å². The number of hydrogen-bond acceptors (Lipinski definition) is 2. The Morgan fingerprint density at radius 1 is 1.44 bits per heavy atom. The maximum absolute atomic E-state index is 12.2. The zero-order chi connectivity index (χ0) is 13.9. The van der Waals surface area contributed by atoms with Gasteiger partial charge in [-0.1, -0.05) is 37.0 Å². The quantitative estimate of drug-likeness (QED) is 0.876. The molecule has 18 heavy (non-hydrogen) atoms. The number of carbonyl (C=O) groups excluding carboxylic acids is 1. The summed E-state index contributed by atoms with van der Waals surface area (Å²) in [6, 6.07) is 1.52. The highest BCUT2D eigenvalue weighted by molar-refractivity contribution is 6.41. The maximum Gasteiger partial charge on any atom is 0.268 e. The summed E-state index contributed by atoms with van der Waals surface area (Å²) in [4.78, 5) is 12.2. The van der Waals surface area contributed by atoms with Crippen molar-refractivity contribution in [3.05, 3.63) is 21.9 Å². The predicted octanol–water partition coefficient (Wildman–Crippen LogP) is 2.61. The van der Waals surface area contributed by atoms with E-state index in [0.717, 1.165) is 0 Å². The molecule has 1 aromatic rings. The van der Waals surface area contributed by atoms with Crippen molar-refractivity contribution in [1.82, 2.24) is 9.88 Å². The molecule has 0 unspecified atom stereocenters. The van der Waals surface area contributed by atoms with Crippen molar-refractivity contribution in [3.63, 3.8) is 0 Å². The fraction of sp³-hybridized carbons (Fsp3) is 0.583. The lowest BCUT2D eigenvalue weighted by molar-refractivity contribution is 0.0809. The van der Waals surface area contributed by atoms with Gasteiger partial charge in [0.15, 0.2) is 0 Å². The molecular formula is C12H18Cl2N2O2. The third-order valence-electron chi connectivity index (χ3n) is 3.38. The molecule has 1 heterocycles. The summed E-state index contributed by atoms with van der Waals surface area (Å²) >= 11 is 11.8. The average Bonchev–Trinajstić information content (AvgIpc) is 2.64. The van der Waals surface area contributed by atoms with Gasteiger partial charge in [-0.3, -0.25) is 4.79 Å². The number of rotatable bonds is 5. The Kier molecular flexibility index (Phi) is 5.08. The molecule has 0 aliphatic rings. The van der Waals surface area contributed by atoms with Crippen molar-refractivity contribution in [2.75, 3.05) is 6.61 Å². The van der Waals surface area contributed by atoms with Crippen LogP contribution in [0.2, 0.25) is 10.2 Å². The molecule has 0 radical (unpaired) electrons. The Morgan fingerprint density at radius 2 is 2.00 bits per heavy atom. The Labute approximate surface area is 117 Å². The third kappa shape index (κ3) is 2.82. The highest BCUT2D eigenvalue weighted by Gasteiger charge is 2.29. The number of aliphatic hydroxyl groups is 1. The maximum atomic E-state index is 12.2. The minimum Gasteiger partial charge on any atom is -0.394 e. The number of hydrogen-bond donors (Lipinski definition) is 2. The minimum atomic E-state index is -0.597. The van der Waals surface area contributed by atoms with Crippen LogP contribution in [-0.4, -0.2) is 27.7 Å². The van der Waals surface area contributed by atoms with Crippen molar-refractivity contribution >= 4 is 29.1 Å². The van der Waals surface area contributed by atoms with E-state index in [1.807, 2.05) is 13.8 Å². The number of halogens is 2. The molecule has 0 saturated carbocycles. The lowest BCUT2D eigenvalue weighted by Crippen LogP contribution is -2.50. The van der Waals surface area contributed by atoms with E-state index in [9.17, 15) is 9.90 Å². The number of nitrogens with zero attached hydrogens (tertiary/aromatic N) is 1. The van der Waals surface area contributed by atoms with Gasteiger partial charge in [0.1, 0.15) is 10.8 Å². The van der Waals surface area contributed by atoms with Crippen molar-refractivity contribution < 1.29 is 9.90 Å². The largest absolute Gasteiger partial charge is 0.394 e. The van der Waals surface area contributed by atoms with E-state index in [0.29, 0.717) is 28.7 Å². The molecule has 0 atom stereocenters. The van der Waals surface area contributed by atoms with Crippen LogP contribution in [0.4, 0.5) is 0 Å². The van der Waals surface area contributed by atoms with Gasteiger partial charge in [-0.05, 0) is 18.9 Å². The van der Waals surface area contributed by atoms with Crippen molar-refractivity contribution in [2.24, 2.45) is 7.05 Å². The van der Waals surface area contributed by atoms with Crippen molar-refractivity contribution in [1.29, 1.82) is 0 Å². The van der Waals surface area contributed by atoms with Crippen LogP contribution >= 0.6 is 23.2 Å². The highest BCUT2D eigenvalue weighted by atomic mass is 35.5. The molecule has 0 fully saturated rings. The van der Waals surface area contributed by atoms with Crippen LogP contribution in [0, 0.1) is 0 Å². The third-order valence-corrected chi connectivity index (χ3v) is 4.23. The smallest absolute Gasteiger partial charge is 0.268 e. The molecule has 4 nitrogen and oxygen atoms in total. The first-order valence-corrected chi connectivity index (χ1v) is 6.60. The van der Waals surface area contributed by atoms with Gasteiger partial charge in [0, 0.05) is 7.05 Å². The summed E-state index contributed by atoms with van der Waals surface area (Å²) in [6.07, 6.45) is 1.30. The molecule has 6 heteroatoms. The fourth-order valence-electron chi connectivity index (χ4n) is 1.76. The fourth-order valence-corrected chi connectivity index (χ4v) is 2.13. The molecule has 0 spiro atoms. The molecule has 2 N–H and O–H groups in total. The van der Waals surface area contributed by atoms with Crippen LogP contribution in [0.25, 0.3) is 0 Å². The Hall–Kier alpha value is -0.710. The summed E-state index contributed by atoms with van der Waals surface area (Å²) in [5.41, 5.74) is -0.218. The van der Waals surface area contributed by atoms with Gasteiger partial charge in [-0.2, -0.15) is 0 Å². The normalized spacial score (nSPS) is 11.7. The van der Waals surface area contributed by atoms with E-state index in [1.54, 1.807) is 7.05 Å². The second kappa shape index (κ2) is 5.95. The monoisotopic (exact) mass is 292 g/mol. The van der Waals surface area contributed by atoms with Crippen LogP contribution < -0.4 is 5.32 Å². The molecule has 0 aliphatic heterocycles. The van der Waals surface area contributed by atoms with Crippen LogP contribution in [0.15, 0.2) is 6.07 Å². The van der Waals surface area contributed by atoms with Gasteiger partial charge in [-0.15, -0.1) is 0 Å². The van der Waals surface area contributed by atoms with Gasteiger partial charge in [0.05, 0.1) is 17.2 Å². The van der Waals surface area contributed by atoms with E-state index in [2.05, 4.69) is 5.32 Å². The van der Waals surface area contributed by atoms with Crippen LogP contribution in [0.1, 0.15) is 37.2 Å². The van der Waals surface area contributed by atoms with E-state index < -0.39 is 5.54 Å². The van der Waals surface area contributed by atoms with Crippen LogP contribution in [-0.2, 0) is 7.05 Å². The van der Waals surface area contributed by atoms with E-state index in [1.165, 1.54) is 10.6 Å². The van der Waals surface area contributed by atoms with Gasteiger partial charge >= 0.3 is 0 Å². The number of aliphatic hydroxyl groups excluding tert-OH is 1. The van der Waals surface area contributed by atoms with Gasteiger partial charge in [0.2, 0.25) is 0 Å². The molecule has 102 valence electrons. The Bertz CT molecular complexity index is 431. The lowest BCUT2D eigenvalue weighted by atomic mass is 9.94. The first-order valence-electron chi connectivity index (χ1n) is 5.84. The second-order valence-electron chi connectivity index (χ2n) is 4.33. The lowest BCUT2D eigenvalue weighted by Gasteiger charge is -2.30. The molecule has 0 saturated heterocycles.